The van der Waals surface area contributed by atoms with Crippen LogP contribution in [0.25, 0.3) is 0 Å². The van der Waals surface area contributed by atoms with Gasteiger partial charge in [-0.2, -0.15) is 0 Å². The van der Waals surface area contributed by atoms with Gasteiger partial charge in [-0.15, -0.1) is 0 Å². The molecule has 0 spiro atoms. The molecular weight excluding hydrogens is 258 g/mol. The van der Waals surface area contributed by atoms with Gasteiger partial charge in [0.2, 0.25) is 0 Å². The Balaban J connectivity index is 2.09. The van der Waals surface area contributed by atoms with Gasteiger partial charge in [0.1, 0.15) is 0 Å². The average Bonchev–Trinajstić information content (AvgIpc) is 3.01. The minimum absolute atomic E-state index is 0.257. The molecule has 0 saturated heterocycles. The Morgan fingerprint density at radius 3 is 2.29 bits per heavy atom. The molecule has 21 heavy (non-hydrogen) atoms. The average molecular weight is 289 g/mol. The first-order valence-corrected chi connectivity index (χ1v) is 8.52. The molecule has 1 saturated carbocycles. The van der Waals surface area contributed by atoms with Crippen LogP contribution >= 0.6 is 0 Å². The van der Waals surface area contributed by atoms with Crippen LogP contribution in [0.2, 0.25) is 0 Å². The summed E-state index contributed by atoms with van der Waals surface area (Å²) in [5.41, 5.74) is 4.83. The van der Waals surface area contributed by atoms with E-state index in [1.807, 2.05) is 0 Å². The van der Waals surface area contributed by atoms with Crippen LogP contribution in [0, 0.1) is 0 Å². The maximum atomic E-state index is 5.97. The predicted octanol–water partition coefficient (Wildman–Crippen LogP) is 3.11. The van der Waals surface area contributed by atoms with Gasteiger partial charge < -0.3 is 0 Å². The Hall–Kier alpha value is -0.900. The molecule has 1 unspecified atom stereocenters. The zero-order valence-electron chi connectivity index (χ0n) is 13.6. The summed E-state index contributed by atoms with van der Waals surface area (Å²) in [5, 5.41) is 0. The lowest BCUT2D eigenvalue weighted by atomic mass is 9.83. The van der Waals surface area contributed by atoms with Crippen molar-refractivity contribution in [3.63, 3.8) is 0 Å². The number of nitrogens with one attached hydrogen (secondary N) is 1. The predicted molar refractivity (Wildman–Crippen MR) is 90.0 cm³/mol. The first-order valence-electron chi connectivity index (χ1n) is 8.52. The number of hydrogen-bond acceptors (Lipinski definition) is 3. The molecular formula is C18H31N3. The molecule has 0 aliphatic heterocycles. The van der Waals surface area contributed by atoms with E-state index in [1.54, 1.807) is 0 Å². The van der Waals surface area contributed by atoms with Crippen LogP contribution in [0.3, 0.4) is 0 Å². The SMILES string of the molecule is CCN(CC)C1(C(CCc2ccccc2)NN)CCCC1. The normalized spacial score (nSPS) is 19.0. The highest BCUT2D eigenvalue weighted by molar-refractivity contribution is 5.15. The number of nitrogens with two attached hydrogens (primary N) is 1. The molecule has 0 aromatic heterocycles. The molecule has 1 aromatic carbocycles. The summed E-state index contributed by atoms with van der Waals surface area (Å²) in [7, 11) is 0. The van der Waals surface area contributed by atoms with E-state index in [2.05, 4.69) is 54.5 Å². The number of hydrazine groups is 1. The smallest absolute Gasteiger partial charge is 0.0397 e. The van der Waals surface area contributed by atoms with Gasteiger partial charge in [-0.3, -0.25) is 16.2 Å². The molecule has 0 heterocycles. The summed E-state index contributed by atoms with van der Waals surface area (Å²) in [4.78, 5) is 2.63. The third-order valence-corrected chi connectivity index (χ3v) is 5.28. The van der Waals surface area contributed by atoms with Gasteiger partial charge in [-0.25, -0.2) is 0 Å². The third-order valence-electron chi connectivity index (χ3n) is 5.28. The fraction of sp³-hybridized carbons (Fsp3) is 0.667. The van der Waals surface area contributed by atoms with Crippen LogP contribution in [-0.4, -0.2) is 29.6 Å². The van der Waals surface area contributed by atoms with Gasteiger partial charge in [0.25, 0.3) is 0 Å². The standard InChI is InChI=1S/C18H31N3/c1-3-21(4-2)18(14-8-9-15-18)17(20-19)13-12-16-10-6-5-7-11-16/h5-7,10-11,17,20H,3-4,8-9,12-15,19H2,1-2H3. The lowest BCUT2D eigenvalue weighted by molar-refractivity contribution is 0.0597. The van der Waals surface area contributed by atoms with Crippen molar-refractivity contribution in [2.45, 2.75) is 64.0 Å². The number of likely N-dealkylation sites (N-methyl/N-ethyl adjacent to an activating group) is 1. The molecule has 0 bridgehead atoms. The first-order chi connectivity index (χ1) is 10.3. The Labute approximate surface area is 129 Å². The van der Waals surface area contributed by atoms with Crippen molar-refractivity contribution >= 4 is 0 Å². The minimum atomic E-state index is 0.257. The molecule has 0 radical (unpaired) electrons. The number of aryl methyl sites for hydroxylation is 1. The number of nitrogens with zero attached hydrogens (tertiary/aromatic N) is 1. The van der Waals surface area contributed by atoms with Crippen molar-refractivity contribution in [1.29, 1.82) is 0 Å². The van der Waals surface area contributed by atoms with Crippen molar-refractivity contribution in [3.05, 3.63) is 35.9 Å². The van der Waals surface area contributed by atoms with Crippen molar-refractivity contribution in [1.82, 2.24) is 10.3 Å². The molecule has 1 aliphatic rings. The van der Waals surface area contributed by atoms with E-state index in [9.17, 15) is 0 Å². The molecule has 0 amide bonds. The fourth-order valence-electron chi connectivity index (χ4n) is 4.19. The van der Waals surface area contributed by atoms with E-state index in [-0.39, 0.29) is 5.54 Å². The van der Waals surface area contributed by atoms with Crippen LogP contribution in [0.5, 0.6) is 0 Å². The Bertz CT molecular complexity index is 394. The number of benzene rings is 1. The highest BCUT2D eigenvalue weighted by atomic mass is 15.3. The summed E-state index contributed by atoms with van der Waals surface area (Å²) < 4.78 is 0. The number of hydrogen-bond donors (Lipinski definition) is 2. The summed E-state index contributed by atoms with van der Waals surface area (Å²) in [6.07, 6.45) is 7.42. The molecule has 1 aromatic rings. The maximum absolute atomic E-state index is 5.97. The zero-order valence-corrected chi connectivity index (χ0v) is 13.6. The zero-order chi connectivity index (χ0) is 15.1. The van der Waals surface area contributed by atoms with E-state index in [4.69, 9.17) is 5.84 Å². The van der Waals surface area contributed by atoms with E-state index >= 15 is 0 Å². The molecule has 1 fully saturated rings. The number of rotatable bonds is 8. The van der Waals surface area contributed by atoms with E-state index in [0.29, 0.717) is 6.04 Å². The van der Waals surface area contributed by atoms with Crippen LogP contribution in [0.4, 0.5) is 0 Å². The summed E-state index contributed by atoms with van der Waals surface area (Å²) in [6.45, 7) is 6.77. The molecule has 3 N–H and O–H groups in total. The third kappa shape index (κ3) is 3.65. The van der Waals surface area contributed by atoms with E-state index < -0.39 is 0 Å². The Morgan fingerprint density at radius 2 is 1.76 bits per heavy atom. The van der Waals surface area contributed by atoms with Gasteiger partial charge in [0, 0.05) is 11.6 Å². The van der Waals surface area contributed by atoms with Gasteiger partial charge in [-0.05, 0) is 44.3 Å². The monoisotopic (exact) mass is 289 g/mol. The summed E-state index contributed by atoms with van der Waals surface area (Å²) in [5.74, 6) is 5.97. The molecule has 3 nitrogen and oxygen atoms in total. The summed E-state index contributed by atoms with van der Waals surface area (Å²) in [6, 6.07) is 11.1. The quantitative estimate of drug-likeness (QED) is 0.571. The van der Waals surface area contributed by atoms with Crippen LogP contribution in [-0.2, 0) is 6.42 Å². The topological polar surface area (TPSA) is 41.3 Å². The molecule has 2 rings (SSSR count). The largest absolute Gasteiger partial charge is 0.297 e. The Kier molecular flexibility index (Phi) is 6.22. The maximum Gasteiger partial charge on any atom is 0.0397 e. The van der Waals surface area contributed by atoms with Crippen molar-refractivity contribution in [3.8, 4) is 0 Å². The molecule has 118 valence electrons. The minimum Gasteiger partial charge on any atom is -0.297 e. The van der Waals surface area contributed by atoms with Crippen LogP contribution in [0.1, 0.15) is 51.5 Å². The van der Waals surface area contributed by atoms with Gasteiger partial charge >= 0.3 is 0 Å². The van der Waals surface area contributed by atoms with Crippen molar-refractivity contribution in [2.24, 2.45) is 5.84 Å². The van der Waals surface area contributed by atoms with E-state index in [1.165, 1.54) is 31.2 Å². The van der Waals surface area contributed by atoms with Gasteiger partial charge in [-0.1, -0.05) is 57.0 Å². The molecule has 1 atom stereocenters. The fourth-order valence-corrected chi connectivity index (χ4v) is 4.19. The highest BCUT2D eigenvalue weighted by Gasteiger charge is 2.44. The van der Waals surface area contributed by atoms with Crippen LogP contribution in [0.15, 0.2) is 30.3 Å². The lowest BCUT2D eigenvalue weighted by Crippen LogP contribution is -2.61. The van der Waals surface area contributed by atoms with Crippen molar-refractivity contribution < 1.29 is 0 Å². The van der Waals surface area contributed by atoms with Gasteiger partial charge in [0.15, 0.2) is 0 Å². The molecule has 3 heteroatoms. The second-order valence-electron chi connectivity index (χ2n) is 6.23. The van der Waals surface area contributed by atoms with Crippen LogP contribution < -0.4 is 11.3 Å². The summed E-state index contributed by atoms with van der Waals surface area (Å²) >= 11 is 0. The van der Waals surface area contributed by atoms with E-state index in [0.717, 1.165) is 25.9 Å². The molecule has 1 aliphatic carbocycles. The highest BCUT2D eigenvalue weighted by Crippen LogP contribution is 2.39. The second kappa shape index (κ2) is 7.92. The first kappa shape index (κ1) is 16.5. The lowest BCUT2D eigenvalue weighted by Gasteiger charge is -2.46. The van der Waals surface area contributed by atoms with Crippen molar-refractivity contribution in [2.75, 3.05) is 13.1 Å². The second-order valence-corrected chi connectivity index (χ2v) is 6.23. The van der Waals surface area contributed by atoms with Gasteiger partial charge in [0.05, 0.1) is 0 Å². The Morgan fingerprint density at radius 1 is 1.14 bits per heavy atom.